The van der Waals surface area contributed by atoms with Gasteiger partial charge in [-0.1, -0.05) is 53.1 Å². The minimum atomic E-state index is -3.75. The standard InChI is InChI=1S/C20H19Cl3NO3PS/c1-3-29-19-5-4-15(21)10-14(19)11-18(28(2,26)27)20(25)24-7-6-13-8-16(22)12-17(23)9-13/h3-10,12,18H,1,11H2,2H3,(H,24,25)(H,26,27)/b7-6+. The van der Waals surface area contributed by atoms with Crippen LogP contribution in [0, 0.1) is 0 Å². The van der Waals surface area contributed by atoms with Crippen molar-refractivity contribution in [3.05, 3.63) is 80.8 Å². The normalized spacial score (nSPS) is 14.4. The molecule has 2 atom stereocenters. The quantitative estimate of drug-likeness (QED) is 0.328. The first-order valence-electron chi connectivity index (χ1n) is 8.39. The zero-order valence-electron chi connectivity index (χ0n) is 15.4. The van der Waals surface area contributed by atoms with Gasteiger partial charge in [-0.25, -0.2) is 0 Å². The van der Waals surface area contributed by atoms with Gasteiger partial charge in [-0.2, -0.15) is 0 Å². The summed E-state index contributed by atoms with van der Waals surface area (Å²) < 4.78 is 12.4. The maximum atomic E-state index is 12.7. The number of thioether (sulfide) groups is 1. The summed E-state index contributed by atoms with van der Waals surface area (Å²) in [5.41, 5.74) is 0.240. The van der Waals surface area contributed by atoms with Gasteiger partial charge < -0.3 is 10.2 Å². The van der Waals surface area contributed by atoms with Gasteiger partial charge in [0.2, 0.25) is 13.3 Å². The molecule has 0 aliphatic carbocycles. The fourth-order valence-corrected chi connectivity index (χ4v) is 4.99. The van der Waals surface area contributed by atoms with Crippen molar-refractivity contribution in [2.45, 2.75) is 17.0 Å². The van der Waals surface area contributed by atoms with Crippen LogP contribution in [-0.4, -0.2) is 23.1 Å². The van der Waals surface area contributed by atoms with Crippen LogP contribution in [0.15, 0.2) is 59.5 Å². The highest BCUT2D eigenvalue weighted by molar-refractivity contribution is 8.02. The minimum Gasteiger partial charge on any atom is -0.344 e. The summed E-state index contributed by atoms with van der Waals surface area (Å²) in [7, 11) is -3.75. The Morgan fingerprint density at radius 3 is 2.45 bits per heavy atom. The third-order valence-electron chi connectivity index (χ3n) is 3.91. The fraction of sp³-hybridized carbons (Fsp3) is 0.150. The van der Waals surface area contributed by atoms with Crippen molar-refractivity contribution in [1.29, 1.82) is 0 Å². The molecule has 0 saturated heterocycles. The predicted octanol–water partition coefficient (Wildman–Crippen LogP) is 6.48. The highest BCUT2D eigenvalue weighted by Gasteiger charge is 2.33. The van der Waals surface area contributed by atoms with Gasteiger partial charge in [-0.3, -0.25) is 9.36 Å². The highest BCUT2D eigenvalue weighted by Crippen LogP contribution is 2.44. The summed E-state index contributed by atoms with van der Waals surface area (Å²) in [4.78, 5) is 23.6. The number of carbonyl (C=O) groups excluding carboxylic acids is 1. The third kappa shape index (κ3) is 7.53. The van der Waals surface area contributed by atoms with Crippen molar-refractivity contribution >= 4 is 65.9 Å². The topological polar surface area (TPSA) is 66.4 Å². The predicted molar refractivity (Wildman–Crippen MR) is 124 cm³/mol. The number of nitrogens with one attached hydrogen (secondary N) is 1. The molecule has 0 radical (unpaired) electrons. The molecule has 1 amide bonds. The maximum absolute atomic E-state index is 12.7. The van der Waals surface area contributed by atoms with Crippen LogP contribution in [0.3, 0.4) is 0 Å². The molecule has 0 fully saturated rings. The summed E-state index contributed by atoms with van der Waals surface area (Å²) in [5, 5.41) is 5.61. The molecule has 0 heterocycles. The van der Waals surface area contributed by atoms with E-state index in [0.29, 0.717) is 26.2 Å². The Hall–Kier alpha value is -1.20. The monoisotopic (exact) mass is 489 g/mol. The molecule has 0 spiro atoms. The number of hydrogen-bond donors (Lipinski definition) is 2. The van der Waals surface area contributed by atoms with E-state index in [1.165, 1.54) is 24.6 Å². The largest absolute Gasteiger partial charge is 0.344 e. The Morgan fingerprint density at radius 1 is 1.21 bits per heavy atom. The molecular formula is C20H19Cl3NO3PS. The molecule has 2 aromatic rings. The fourth-order valence-electron chi connectivity index (χ4n) is 2.59. The molecule has 0 aromatic heterocycles. The van der Waals surface area contributed by atoms with Crippen molar-refractivity contribution in [2.24, 2.45) is 0 Å². The van der Waals surface area contributed by atoms with Crippen LogP contribution in [0.2, 0.25) is 15.1 Å². The van der Waals surface area contributed by atoms with Gasteiger partial charge in [0.05, 0.1) is 0 Å². The summed E-state index contributed by atoms with van der Waals surface area (Å²) >= 11 is 19.3. The van der Waals surface area contributed by atoms with Crippen molar-refractivity contribution in [3.63, 3.8) is 0 Å². The third-order valence-corrected chi connectivity index (χ3v) is 6.98. The van der Waals surface area contributed by atoms with Gasteiger partial charge in [-0.15, -0.1) is 0 Å². The van der Waals surface area contributed by atoms with E-state index in [1.807, 2.05) is 0 Å². The van der Waals surface area contributed by atoms with E-state index in [9.17, 15) is 14.3 Å². The second kappa shape index (κ2) is 10.7. The SMILES string of the molecule is C=CSc1ccc(Cl)cc1CC(C(=O)N/C=C/c1cc(Cl)cc(Cl)c1)P(C)(=O)O. The molecule has 0 bridgehead atoms. The summed E-state index contributed by atoms with van der Waals surface area (Å²) in [6.45, 7) is 4.85. The molecule has 0 saturated carbocycles. The Bertz CT molecular complexity index is 971. The van der Waals surface area contributed by atoms with Crippen molar-refractivity contribution in [1.82, 2.24) is 5.32 Å². The average molecular weight is 491 g/mol. The van der Waals surface area contributed by atoms with Crippen LogP contribution in [0.1, 0.15) is 11.1 Å². The molecule has 2 N–H and O–H groups in total. The molecule has 154 valence electrons. The number of amides is 1. The lowest BCUT2D eigenvalue weighted by Crippen LogP contribution is -2.33. The van der Waals surface area contributed by atoms with Gasteiger partial charge >= 0.3 is 0 Å². The van der Waals surface area contributed by atoms with Gasteiger partial charge in [0.1, 0.15) is 5.66 Å². The second-order valence-corrected chi connectivity index (χ2v) is 11.1. The van der Waals surface area contributed by atoms with E-state index in [0.717, 1.165) is 4.90 Å². The molecule has 2 aromatic carbocycles. The Labute approximate surface area is 189 Å². The first-order valence-corrected chi connectivity index (χ1v) is 12.6. The Balaban J connectivity index is 2.21. The zero-order valence-corrected chi connectivity index (χ0v) is 19.4. The van der Waals surface area contributed by atoms with Crippen molar-refractivity contribution in [2.75, 3.05) is 6.66 Å². The molecule has 29 heavy (non-hydrogen) atoms. The van der Waals surface area contributed by atoms with E-state index < -0.39 is 18.9 Å². The Morgan fingerprint density at radius 2 is 1.86 bits per heavy atom. The van der Waals surface area contributed by atoms with Crippen molar-refractivity contribution in [3.8, 4) is 0 Å². The number of halogens is 3. The number of carbonyl (C=O) groups is 1. The summed E-state index contributed by atoms with van der Waals surface area (Å²) in [6.07, 6.45) is 3.05. The van der Waals surface area contributed by atoms with E-state index in [4.69, 9.17) is 34.8 Å². The van der Waals surface area contributed by atoms with Crippen LogP contribution in [0.4, 0.5) is 0 Å². The van der Waals surface area contributed by atoms with Gasteiger partial charge in [0, 0.05) is 32.8 Å². The summed E-state index contributed by atoms with van der Waals surface area (Å²) in [6, 6.07) is 10.1. The van der Waals surface area contributed by atoms with Crippen LogP contribution < -0.4 is 5.32 Å². The first-order chi connectivity index (χ1) is 13.6. The molecule has 0 aliphatic rings. The van der Waals surface area contributed by atoms with Crippen LogP contribution in [0.25, 0.3) is 6.08 Å². The lowest BCUT2D eigenvalue weighted by molar-refractivity contribution is -0.119. The van der Waals surface area contributed by atoms with E-state index >= 15 is 0 Å². The van der Waals surface area contributed by atoms with E-state index in [2.05, 4.69) is 11.9 Å². The van der Waals surface area contributed by atoms with Crippen LogP contribution >= 0.6 is 53.9 Å². The highest BCUT2D eigenvalue weighted by atomic mass is 35.5. The molecule has 4 nitrogen and oxygen atoms in total. The molecule has 2 unspecified atom stereocenters. The smallest absolute Gasteiger partial charge is 0.237 e. The first kappa shape index (κ1) is 24.1. The van der Waals surface area contributed by atoms with Gasteiger partial charge in [-0.05, 0) is 65.4 Å². The summed E-state index contributed by atoms with van der Waals surface area (Å²) in [5.74, 6) is -0.572. The molecule has 2 rings (SSSR count). The molecular weight excluding hydrogens is 472 g/mol. The maximum Gasteiger partial charge on any atom is 0.237 e. The lowest BCUT2D eigenvalue weighted by atomic mass is 10.1. The average Bonchev–Trinajstić information content (AvgIpc) is 2.60. The second-order valence-electron chi connectivity index (χ2n) is 6.24. The van der Waals surface area contributed by atoms with E-state index in [1.54, 1.807) is 47.9 Å². The van der Waals surface area contributed by atoms with Crippen LogP contribution in [0.5, 0.6) is 0 Å². The number of hydrogen-bond acceptors (Lipinski definition) is 3. The Kier molecular flexibility index (Phi) is 8.90. The van der Waals surface area contributed by atoms with Gasteiger partial charge in [0.25, 0.3) is 0 Å². The lowest BCUT2D eigenvalue weighted by Gasteiger charge is -2.20. The van der Waals surface area contributed by atoms with Crippen molar-refractivity contribution < 1.29 is 14.3 Å². The number of rotatable bonds is 8. The van der Waals surface area contributed by atoms with Gasteiger partial charge in [0.15, 0.2) is 0 Å². The molecule has 0 aliphatic heterocycles. The zero-order chi connectivity index (χ0) is 21.6. The van der Waals surface area contributed by atoms with E-state index in [-0.39, 0.29) is 6.42 Å². The minimum absolute atomic E-state index is 0.0592. The van der Waals surface area contributed by atoms with Crippen LogP contribution in [-0.2, 0) is 15.8 Å². The number of benzene rings is 2. The molecule has 9 heteroatoms.